The van der Waals surface area contributed by atoms with Gasteiger partial charge in [0, 0.05) is 50.0 Å². The maximum atomic E-state index is 6.05. The Balaban J connectivity index is 1.69. The van der Waals surface area contributed by atoms with Crippen molar-refractivity contribution >= 4 is 11.6 Å². The molecule has 0 spiro atoms. The van der Waals surface area contributed by atoms with Gasteiger partial charge in [0.05, 0.1) is 18.8 Å². The van der Waals surface area contributed by atoms with E-state index in [4.69, 9.17) is 16.3 Å². The van der Waals surface area contributed by atoms with Gasteiger partial charge in [0.1, 0.15) is 0 Å². The van der Waals surface area contributed by atoms with Crippen molar-refractivity contribution in [1.29, 1.82) is 0 Å². The molecule has 1 N–H and O–H groups in total. The van der Waals surface area contributed by atoms with E-state index in [9.17, 15) is 0 Å². The molecular weight excluding hydrogens is 324 g/mol. The largest absolute Gasteiger partial charge is 0.374 e. The lowest BCUT2D eigenvalue weighted by Crippen LogP contribution is -2.47. The topological polar surface area (TPSA) is 42.3 Å². The Bertz CT molecular complexity index is 643. The number of benzene rings is 1. The van der Waals surface area contributed by atoms with Crippen LogP contribution in [0.5, 0.6) is 0 Å². The number of hydrogen-bond acceptors (Lipinski definition) is 4. The van der Waals surface area contributed by atoms with E-state index in [1.54, 1.807) is 0 Å². The van der Waals surface area contributed by atoms with Gasteiger partial charge in [-0.3, -0.25) is 4.68 Å². The smallest absolute Gasteiger partial charge is 0.0896 e. The molecule has 1 fully saturated rings. The standard InChI is InChI=1S/C18H25ClN4O/c1-22-11-12-24-17(13-22)18(14-3-5-15(19)6-4-14)20-9-7-16-8-10-21-23(16)2/h3-6,8,10,17-18,20H,7,9,11-13H2,1-2H3/t17-,18+/m0/s1. The van der Waals surface area contributed by atoms with Gasteiger partial charge in [-0.2, -0.15) is 5.10 Å². The summed E-state index contributed by atoms with van der Waals surface area (Å²) in [5.41, 5.74) is 2.43. The van der Waals surface area contributed by atoms with Crippen LogP contribution < -0.4 is 5.32 Å². The van der Waals surface area contributed by atoms with Crippen LogP contribution >= 0.6 is 11.6 Å². The monoisotopic (exact) mass is 348 g/mol. The number of rotatable bonds is 6. The highest BCUT2D eigenvalue weighted by atomic mass is 35.5. The summed E-state index contributed by atoms with van der Waals surface area (Å²) in [6.45, 7) is 3.55. The van der Waals surface area contributed by atoms with Crippen LogP contribution in [-0.2, 0) is 18.2 Å². The van der Waals surface area contributed by atoms with E-state index >= 15 is 0 Å². The molecule has 0 unspecified atom stereocenters. The summed E-state index contributed by atoms with van der Waals surface area (Å²) < 4.78 is 7.97. The van der Waals surface area contributed by atoms with Gasteiger partial charge in [0.25, 0.3) is 0 Å². The van der Waals surface area contributed by atoms with Crippen LogP contribution in [0.2, 0.25) is 5.02 Å². The van der Waals surface area contributed by atoms with Crippen molar-refractivity contribution in [3.8, 4) is 0 Å². The average molecular weight is 349 g/mol. The van der Waals surface area contributed by atoms with Gasteiger partial charge in [-0.25, -0.2) is 0 Å². The molecule has 1 aromatic carbocycles. The molecule has 1 aliphatic rings. The molecule has 0 bridgehead atoms. The van der Waals surface area contributed by atoms with Gasteiger partial charge in [0.15, 0.2) is 0 Å². The first kappa shape index (κ1) is 17.4. The SMILES string of the molecule is CN1CCO[C@H]([C@H](NCCc2ccnn2C)c2ccc(Cl)cc2)C1. The summed E-state index contributed by atoms with van der Waals surface area (Å²) in [6, 6.07) is 10.3. The van der Waals surface area contributed by atoms with Crippen molar-refractivity contribution < 1.29 is 4.74 Å². The summed E-state index contributed by atoms with van der Waals surface area (Å²) in [4.78, 5) is 2.32. The van der Waals surface area contributed by atoms with Crippen LogP contribution in [0.25, 0.3) is 0 Å². The molecule has 2 aromatic rings. The van der Waals surface area contributed by atoms with Crippen molar-refractivity contribution in [3.63, 3.8) is 0 Å². The Kier molecular flexibility index (Phi) is 5.89. The summed E-state index contributed by atoms with van der Waals surface area (Å²) in [7, 11) is 4.12. The predicted molar refractivity (Wildman–Crippen MR) is 96.3 cm³/mol. The Hall–Kier alpha value is -1.40. The lowest BCUT2D eigenvalue weighted by atomic mass is 9.99. The first-order chi connectivity index (χ1) is 11.6. The zero-order valence-corrected chi connectivity index (χ0v) is 15.0. The quantitative estimate of drug-likeness (QED) is 0.869. The number of likely N-dealkylation sites (N-methyl/N-ethyl adjacent to an activating group) is 1. The second kappa shape index (κ2) is 8.12. The number of nitrogens with zero attached hydrogens (tertiary/aromatic N) is 3. The molecule has 1 aromatic heterocycles. The number of halogens is 1. The van der Waals surface area contributed by atoms with E-state index in [0.29, 0.717) is 0 Å². The third kappa shape index (κ3) is 4.36. The molecule has 0 aliphatic carbocycles. The summed E-state index contributed by atoms with van der Waals surface area (Å²) in [6.07, 6.45) is 2.91. The third-order valence-electron chi connectivity index (χ3n) is 4.57. The van der Waals surface area contributed by atoms with E-state index in [2.05, 4.69) is 40.6 Å². The van der Waals surface area contributed by atoms with Crippen LogP contribution in [0.3, 0.4) is 0 Å². The van der Waals surface area contributed by atoms with Gasteiger partial charge in [-0.1, -0.05) is 23.7 Å². The maximum Gasteiger partial charge on any atom is 0.0896 e. The molecule has 0 saturated carbocycles. The van der Waals surface area contributed by atoms with E-state index in [-0.39, 0.29) is 12.1 Å². The van der Waals surface area contributed by atoms with Crippen LogP contribution in [0, 0.1) is 0 Å². The van der Waals surface area contributed by atoms with Gasteiger partial charge in [-0.15, -0.1) is 0 Å². The third-order valence-corrected chi connectivity index (χ3v) is 4.82. The second-order valence-electron chi connectivity index (χ2n) is 6.35. The minimum atomic E-state index is 0.136. The van der Waals surface area contributed by atoms with E-state index in [0.717, 1.165) is 37.7 Å². The van der Waals surface area contributed by atoms with Gasteiger partial charge in [0.2, 0.25) is 0 Å². The fourth-order valence-corrected chi connectivity index (χ4v) is 3.28. The van der Waals surface area contributed by atoms with E-state index < -0.39 is 0 Å². The van der Waals surface area contributed by atoms with Crippen LogP contribution in [0.4, 0.5) is 0 Å². The zero-order chi connectivity index (χ0) is 16.9. The Morgan fingerprint density at radius 3 is 2.75 bits per heavy atom. The molecule has 0 radical (unpaired) electrons. The molecule has 2 heterocycles. The van der Waals surface area contributed by atoms with Gasteiger partial charge < -0.3 is 15.0 Å². The number of hydrogen-bond donors (Lipinski definition) is 1. The predicted octanol–water partition coefficient (Wildman–Crippen LogP) is 2.28. The molecular formula is C18H25ClN4O. The minimum absolute atomic E-state index is 0.136. The fourth-order valence-electron chi connectivity index (χ4n) is 3.15. The summed E-state index contributed by atoms with van der Waals surface area (Å²) in [5, 5.41) is 8.66. The number of morpholine rings is 1. The lowest BCUT2D eigenvalue weighted by Gasteiger charge is -2.36. The lowest BCUT2D eigenvalue weighted by molar-refractivity contribution is -0.0392. The summed E-state index contributed by atoms with van der Waals surface area (Å²) in [5.74, 6) is 0. The maximum absolute atomic E-state index is 6.05. The van der Waals surface area contributed by atoms with E-state index in [1.807, 2.05) is 30.1 Å². The number of nitrogens with one attached hydrogen (secondary N) is 1. The molecule has 1 saturated heterocycles. The minimum Gasteiger partial charge on any atom is -0.374 e. The second-order valence-corrected chi connectivity index (χ2v) is 6.79. The highest BCUT2D eigenvalue weighted by Crippen LogP contribution is 2.23. The average Bonchev–Trinajstić information content (AvgIpc) is 2.98. The van der Waals surface area contributed by atoms with Crippen molar-refractivity contribution in [2.75, 3.05) is 33.3 Å². The van der Waals surface area contributed by atoms with Crippen molar-refractivity contribution in [2.45, 2.75) is 18.6 Å². The van der Waals surface area contributed by atoms with Gasteiger partial charge >= 0.3 is 0 Å². The van der Waals surface area contributed by atoms with E-state index in [1.165, 1.54) is 11.3 Å². The highest BCUT2D eigenvalue weighted by Gasteiger charge is 2.27. The number of aromatic nitrogens is 2. The van der Waals surface area contributed by atoms with Crippen molar-refractivity contribution in [2.24, 2.45) is 7.05 Å². The van der Waals surface area contributed by atoms with Crippen molar-refractivity contribution in [3.05, 3.63) is 52.8 Å². The van der Waals surface area contributed by atoms with Crippen LogP contribution in [-0.4, -0.2) is 54.1 Å². The molecule has 6 heteroatoms. The number of aryl methyl sites for hydroxylation is 1. The molecule has 1 aliphatic heterocycles. The molecule has 0 amide bonds. The molecule has 3 rings (SSSR count). The van der Waals surface area contributed by atoms with Crippen molar-refractivity contribution in [1.82, 2.24) is 20.0 Å². The molecule has 2 atom stereocenters. The van der Waals surface area contributed by atoms with Gasteiger partial charge in [-0.05, 0) is 30.8 Å². The highest BCUT2D eigenvalue weighted by molar-refractivity contribution is 6.30. The molecule has 130 valence electrons. The Labute approximate surface area is 148 Å². The normalized spacial score (nSPS) is 20.2. The fraction of sp³-hybridized carbons (Fsp3) is 0.500. The Morgan fingerprint density at radius 1 is 1.29 bits per heavy atom. The molecule has 5 nitrogen and oxygen atoms in total. The molecule has 24 heavy (non-hydrogen) atoms. The van der Waals surface area contributed by atoms with Crippen LogP contribution in [0.1, 0.15) is 17.3 Å². The Morgan fingerprint density at radius 2 is 2.08 bits per heavy atom. The van der Waals surface area contributed by atoms with Crippen LogP contribution in [0.15, 0.2) is 36.5 Å². The number of ether oxygens (including phenoxy) is 1. The zero-order valence-electron chi connectivity index (χ0n) is 14.3. The first-order valence-electron chi connectivity index (χ1n) is 8.39. The first-order valence-corrected chi connectivity index (χ1v) is 8.77. The summed E-state index contributed by atoms with van der Waals surface area (Å²) >= 11 is 6.05.